The van der Waals surface area contributed by atoms with Gasteiger partial charge in [0.05, 0.1) is 5.54 Å². The van der Waals surface area contributed by atoms with Crippen LogP contribution in [0.3, 0.4) is 0 Å². The van der Waals surface area contributed by atoms with Crippen LogP contribution in [0.25, 0.3) is 0 Å². The lowest BCUT2D eigenvalue weighted by molar-refractivity contribution is -0.114. The average Bonchev–Trinajstić information content (AvgIpc) is 2.54. The van der Waals surface area contributed by atoms with E-state index >= 15 is 0 Å². The summed E-state index contributed by atoms with van der Waals surface area (Å²) in [5.74, 6) is 0.0949. The molecule has 4 nitrogen and oxygen atoms in total. The third-order valence-electron chi connectivity index (χ3n) is 4.64. The zero-order valence-electron chi connectivity index (χ0n) is 13.4. The normalized spacial score (nSPS) is 24.2. The summed E-state index contributed by atoms with van der Waals surface area (Å²) >= 11 is 0. The van der Waals surface area contributed by atoms with Gasteiger partial charge in [-0.15, -0.1) is 0 Å². The second-order valence-electron chi connectivity index (χ2n) is 7.90. The van der Waals surface area contributed by atoms with Crippen molar-refractivity contribution < 1.29 is 14.3 Å². The van der Waals surface area contributed by atoms with Gasteiger partial charge in [-0.25, -0.2) is 4.79 Å². The van der Waals surface area contributed by atoms with Crippen LogP contribution in [0.15, 0.2) is 0 Å². The second kappa shape index (κ2) is 4.22. The van der Waals surface area contributed by atoms with Crippen LogP contribution in [0.5, 0.6) is 0 Å². The predicted octanol–water partition coefficient (Wildman–Crippen LogP) is 3.15. The van der Waals surface area contributed by atoms with Crippen molar-refractivity contribution in [2.75, 3.05) is 0 Å². The van der Waals surface area contributed by atoms with Crippen molar-refractivity contribution in [2.45, 2.75) is 66.5 Å². The minimum absolute atomic E-state index is 0.0116. The SMILES string of the molecule is CC(C)(C)OC(=O)NC(C)(C=O)C1C(C)(C)C1(C)C. The summed E-state index contributed by atoms with van der Waals surface area (Å²) in [7, 11) is 0. The number of rotatable bonds is 3. The summed E-state index contributed by atoms with van der Waals surface area (Å²) < 4.78 is 5.24. The lowest BCUT2D eigenvalue weighted by Gasteiger charge is -2.29. The van der Waals surface area contributed by atoms with Gasteiger partial charge in [-0.05, 0) is 44.4 Å². The number of amides is 1. The number of alkyl carbamates (subject to hydrolysis) is 1. The Bertz CT molecular complexity index is 379. The van der Waals surface area contributed by atoms with E-state index in [0.717, 1.165) is 6.29 Å². The molecule has 0 aliphatic heterocycles. The van der Waals surface area contributed by atoms with Gasteiger partial charge in [0.25, 0.3) is 0 Å². The molecule has 1 unspecified atom stereocenters. The Hall–Kier alpha value is -1.06. The second-order valence-corrected chi connectivity index (χ2v) is 7.90. The Labute approximate surface area is 116 Å². The molecule has 0 aromatic rings. The summed E-state index contributed by atoms with van der Waals surface area (Å²) in [6, 6.07) is 0. The maximum atomic E-state index is 11.9. The first-order valence-corrected chi connectivity index (χ1v) is 6.75. The van der Waals surface area contributed by atoms with Gasteiger partial charge >= 0.3 is 6.09 Å². The number of hydrogen-bond acceptors (Lipinski definition) is 3. The van der Waals surface area contributed by atoms with Gasteiger partial charge in [0, 0.05) is 0 Å². The Morgan fingerprint density at radius 3 is 1.79 bits per heavy atom. The van der Waals surface area contributed by atoms with Crippen molar-refractivity contribution >= 4 is 12.4 Å². The van der Waals surface area contributed by atoms with Crippen LogP contribution < -0.4 is 5.32 Å². The predicted molar refractivity (Wildman–Crippen MR) is 74.9 cm³/mol. The molecule has 0 saturated heterocycles. The highest BCUT2D eigenvalue weighted by atomic mass is 16.6. The molecule has 1 atom stereocenters. The van der Waals surface area contributed by atoms with E-state index in [1.165, 1.54) is 0 Å². The van der Waals surface area contributed by atoms with Crippen molar-refractivity contribution in [1.29, 1.82) is 0 Å². The topological polar surface area (TPSA) is 55.4 Å². The highest BCUT2D eigenvalue weighted by Gasteiger charge is 2.71. The molecule has 110 valence electrons. The Morgan fingerprint density at radius 1 is 1.11 bits per heavy atom. The number of carbonyl (C=O) groups is 2. The highest BCUT2D eigenvalue weighted by molar-refractivity contribution is 5.77. The Balaban J connectivity index is 2.85. The molecule has 1 aliphatic rings. The molecule has 19 heavy (non-hydrogen) atoms. The first-order valence-electron chi connectivity index (χ1n) is 6.75. The minimum Gasteiger partial charge on any atom is -0.444 e. The van der Waals surface area contributed by atoms with Gasteiger partial charge in [-0.3, -0.25) is 0 Å². The van der Waals surface area contributed by atoms with Gasteiger partial charge in [0.1, 0.15) is 11.9 Å². The number of ether oxygens (including phenoxy) is 1. The van der Waals surface area contributed by atoms with Gasteiger partial charge in [-0.1, -0.05) is 27.7 Å². The average molecular weight is 269 g/mol. The third-order valence-corrected chi connectivity index (χ3v) is 4.64. The van der Waals surface area contributed by atoms with E-state index in [1.807, 2.05) is 0 Å². The fourth-order valence-corrected chi connectivity index (χ4v) is 3.39. The molecule has 1 rings (SSSR count). The number of carbonyl (C=O) groups excluding carboxylic acids is 2. The monoisotopic (exact) mass is 269 g/mol. The van der Waals surface area contributed by atoms with Crippen molar-refractivity contribution in [3.63, 3.8) is 0 Å². The van der Waals surface area contributed by atoms with E-state index in [-0.39, 0.29) is 16.7 Å². The number of aldehydes is 1. The maximum Gasteiger partial charge on any atom is 0.408 e. The van der Waals surface area contributed by atoms with Crippen molar-refractivity contribution in [2.24, 2.45) is 16.7 Å². The third kappa shape index (κ3) is 2.77. The van der Waals surface area contributed by atoms with Gasteiger partial charge < -0.3 is 14.8 Å². The molecule has 0 aromatic carbocycles. The molecular formula is C15H27NO3. The van der Waals surface area contributed by atoms with Gasteiger partial charge in [-0.2, -0.15) is 0 Å². The lowest BCUT2D eigenvalue weighted by atomic mass is 9.91. The molecule has 0 spiro atoms. The molecule has 0 radical (unpaired) electrons. The van der Waals surface area contributed by atoms with E-state index in [4.69, 9.17) is 4.74 Å². The van der Waals surface area contributed by atoms with Gasteiger partial charge in [0.2, 0.25) is 0 Å². The molecule has 0 bridgehead atoms. The molecule has 0 aromatic heterocycles. The zero-order valence-corrected chi connectivity index (χ0v) is 13.4. The van der Waals surface area contributed by atoms with Crippen LogP contribution in [0.1, 0.15) is 55.4 Å². The van der Waals surface area contributed by atoms with E-state index in [1.54, 1.807) is 27.7 Å². The molecular weight excluding hydrogens is 242 g/mol. The van der Waals surface area contributed by atoms with Gasteiger partial charge in [0.15, 0.2) is 0 Å². The summed E-state index contributed by atoms with van der Waals surface area (Å²) in [4.78, 5) is 23.4. The van der Waals surface area contributed by atoms with Crippen molar-refractivity contribution in [1.82, 2.24) is 5.32 Å². The van der Waals surface area contributed by atoms with E-state index in [2.05, 4.69) is 33.0 Å². The Kier molecular flexibility index (Phi) is 3.55. The highest BCUT2D eigenvalue weighted by Crippen LogP contribution is 2.71. The summed E-state index contributed by atoms with van der Waals surface area (Å²) in [5.41, 5.74) is -1.44. The molecule has 1 fully saturated rings. The van der Waals surface area contributed by atoms with Crippen LogP contribution in [0.4, 0.5) is 4.79 Å². The zero-order chi connectivity index (χ0) is 15.3. The molecule has 1 amide bonds. The smallest absolute Gasteiger partial charge is 0.408 e. The van der Waals surface area contributed by atoms with Crippen LogP contribution in [-0.4, -0.2) is 23.5 Å². The fraction of sp³-hybridized carbons (Fsp3) is 0.867. The van der Waals surface area contributed by atoms with E-state index in [0.29, 0.717) is 0 Å². The molecule has 1 saturated carbocycles. The Morgan fingerprint density at radius 2 is 1.53 bits per heavy atom. The summed E-state index contributed by atoms with van der Waals surface area (Å²) in [6.45, 7) is 15.7. The largest absolute Gasteiger partial charge is 0.444 e. The first kappa shape index (κ1) is 16.0. The summed E-state index contributed by atoms with van der Waals surface area (Å²) in [6.07, 6.45) is 0.290. The molecule has 1 aliphatic carbocycles. The quantitative estimate of drug-likeness (QED) is 0.801. The van der Waals surface area contributed by atoms with Crippen LogP contribution >= 0.6 is 0 Å². The number of hydrogen-bond donors (Lipinski definition) is 1. The van der Waals surface area contributed by atoms with Crippen LogP contribution in [0.2, 0.25) is 0 Å². The van der Waals surface area contributed by atoms with Crippen molar-refractivity contribution in [3.05, 3.63) is 0 Å². The standard InChI is InChI=1S/C15H27NO3/c1-12(2,3)19-11(18)16-15(8,9-17)10-13(4,5)14(10,6)7/h9-10H,1-8H3,(H,16,18). The number of nitrogens with one attached hydrogen (secondary N) is 1. The fourth-order valence-electron chi connectivity index (χ4n) is 3.39. The first-order chi connectivity index (χ1) is 8.28. The minimum atomic E-state index is -0.894. The van der Waals surface area contributed by atoms with Crippen LogP contribution in [0, 0.1) is 16.7 Å². The summed E-state index contributed by atoms with van der Waals surface area (Å²) in [5, 5.41) is 2.74. The molecule has 1 N–H and O–H groups in total. The van der Waals surface area contributed by atoms with Crippen molar-refractivity contribution in [3.8, 4) is 0 Å². The van der Waals surface area contributed by atoms with Crippen LogP contribution in [-0.2, 0) is 9.53 Å². The lowest BCUT2D eigenvalue weighted by Crippen LogP contribution is -2.52. The van der Waals surface area contributed by atoms with E-state index < -0.39 is 17.2 Å². The molecule has 0 heterocycles. The maximum absolute atomic E-state index is 11.9. The van der Waals surface area contributed by atoms with E-state index in [9.17, 15) is 9.59 Å². The molecule has 4 heteroatoms.